The van der Waals surface area contributed by atoms with Crippen LogP contribution in [0.25, 0.3) is 6.08 Å². The molecule has 4 bridgehead atoms. The molecule has 1 spiro atoms. The normalized spacial score (nSPS) is 31.2. The molecule has 3 aliphatic carbocycles. The third kappa shape index (κ3) is 4.47. The van der Waals surface area contributed by atoms with E-state index in [9.17, 15) is 24.6 Å². The highest BCUT2D eigenvalue weighted by atomic mass is 16.6. The smallest absolute Gasteiger partial charge is 0.330 e. The molecular weight excluding hydrogens is 584 g/mol. The van der Waals surface area contributed by atoms with Gasteiger partial charge in [0.25, 0.3) is 0 Å². The molecule has 1 aromatic rings. The molecule has 0 amide bonds. The summed E-state index contributed by atoms with van der Waals surface area (Å²) in [6.07, 6.45) is 13.4. The zero-order valence-electron chi connectivity index (χ0n) is 28.0. The van der Waals surface area contributed by atoms with Crippen molar-refractivity contribution in [2.75, 3.05) is 0 Å². The van der Waals surface area contributed by atoms with Crippen molar-refractivity contribution >= 4 is 23.6 Å². The molecule has 244 valence electrons. The molecule has 1 aromatic carbocycles. The van der Waals surface area contributed by atoms with Crippen molar-refractivity contribution in [3.8, 4) is 17.2 Å². The van der Waals surface area contributed by atoms with Gasteiger partial charge in [0.05, 0.1) is 11.2 Å². The van der Waals surface area contributed by atoms with Gasteiger partial charge in [0.1, 0.15) is 28.4 Å². The van der Waals surface area contributed by atoms with Crippen LogP contribution in [0, 0.1) is 11.8 Å². The van der Waals surface area contributed by atoms with E-state index in [2.05, 4.69) is 19.9 Å². The van der Waals surface area contributed by atoms with Crippen LogP contribution in [0.3, 0.4) is 0 Å². The molecule has 0 radical (unpaired) electrons. The number of carbonyl (C=O) groups excluding carboxylic acids is 2. The van der Waals surface area contributed by atoms with Crippen molar-refractivity contribution in [1.82, 2.24) is 0 Å². The largest absolute Gasteiger partial charge is 0.506 e. The number of phenols is 1. The third-order valence-electron chi connectivity index (χ3n) is 10.5. The number of allylic oxidation sites excluding steroid dienone is 5. The number of hydrogen-bond donors (Lipinski definition) is 2. The Bertz CT molecular complexity index is 1730. The summed E-state index contributed by atoms with van der Waals surface area (Å²) < 4.78 is 20.6. The van der Waals surface area contributed by atoms with Crippen LogP contribution in [0.1, 0.15) is 103 Å². The van der Waals surface area contributed by atoms with E-state index < -0.39 is 40.1 Å². The highest BCUT2D eigenvalue weighted by molar-refractivity contribution is 6.19. The second kappa shape index (κ2) is 10.6. The Labute approximate surface area is 270 Å². The lowest BCUT2D eigenvalue weighted by Crippen LogP contribution is -2.72. The van der Waals surface area contributed by atoms with Crippen LogP contribution in [0.5, 0.6) is 17.2 Å². The third-order valence-corrected chi connectivity index (χ3v) is 10.5. The molecule has 8 heteroatoms. The summed E-state index contributed by atoms with van der Waals surface area (Å²) in [4.78, 5) is 40.8. The minimum Gasteiger partial charge on any atom is -0.506 e. The SMILES string of the molecule is CC(C)=CCCC1(C)C=Cc2c(O)c3c(c(CC=C(C)C)c2O1)O[C@]12C(=C[C@@H]4CC1C(C)(C)OC2(CC=C(C)C(=O)O)C4=O)C3=O. The van der Waals surface area contributed by atoms with Gasteiger partial charge in [0.15, 0.2) is 22.8 Å². The van der Waals surface area contributed by atoms with E-state index in [0.717, 1.165) is 12.0 Å². The van der Waals surface area contributed by atoms with Crippen LogP contribution in [0.2, 0.25) is 0 Å². The molecule has 3 heterocycles. The Balaban J connectivity index is 1.59. The second-order valence-corrected chi connectivity index (χ2v) is 14.8. The Kier molecular flexibility index (Phi) is 7.36. The molecule has 8 nitrogen and oxygen atoms in total. The van der Waals surface area contributed by atoms with Crippen molar-refractivity contribution in [2.24, 2.45) is 11.8 Å². The maximum Gasteiger partial charge on any atom is 0.330 e. The first-order valence-electron chi connectivity index (χ1n) is 16.2. The van der Waals surface area contributed by atoms with Crippen molar-refractivity contribution < 1.29 is 38.8 Å². The summed E-state index contributed by atoms with van der Waals surface area (Å²) in [6.45, 7) is 15.4. The summed E-state index contributed by atoms with van der Waals surface area (Å²) in [5.74, 6) is -2.28. The average Bonchev–Trinajstić information content (AvgIpc) is 3.12. The monoisotopic (exact) mass is 628 g/mol. The number of benzene rings is 1. The highest BCUT2D eigenvalue weighted by Crippen LogP contribution is 2.68. The first kappa shape index (κ1) is 32.0. The van der Waals surface area contributed by atoms with E-state index in [1.54, 1.807) is 6.08 Å². The van der Waals surface area contributed by atoms with Crippen molar-refractivity contribution in [3.63, 3.8) is 0 Å². The van der Waals surface area contributed by atoms with Crippen molar-refractivity contribution in [1.29, 1.82) is 0 Å². The molecule has 2 N–H and O–H groups in total. The maximum absolute atomic E-state index is 14.7. The molecule has 1 saturated carbocycles. The van der Waals surface area contributed by atoms with Crippen molar-refractivity contribution in [2.45, 2.75) is 110 Å². The predicted molar refractivity (Wildman–Crippen MR) is 174 cm³/mol. The summed E-state index contributed by atoms with van der Waals surface area (Å²) in [5, 5.41) is 21.4. The summed E-state index contributed by atoms with van der Waals surface area (Å²) in [7, 11) is 0. The number of ketones is 2. The van der Waals surface area contributed by atoms with Crippen molar-refractivity contribution in [3.05, 3.63) is 69.4 Å². The first-order chi connectivity index (χ1) is 21.5. The number of aromatic hydroxyl groups is 1. The van der Waals surface area contributed by atoms with Crippen LogP contribution in [0.15, 0.2) is 52.7 Å². The fourth-order valence-electron chi connectivity index (χ4n) is 8.17. The number of rotatable bonds is 8. The standard InChI is InChI=1S/C38H44O8/c1-20(2)10-9-15-36(8)16-14-24-29(39)28-30(40)26-18-23-19-27-35(6,7)46-37(33(23)41,17-13-22(5)34(42)43)38(26,27)45-32(28)25(31(24)44-36)12-11-21(3)4/h10-11,13-14,16,18,23,27,39H,9,12,15,17,19H2,1-8H3,(H,42,43)/t23-,27?,36?,37?,38-/m1/s1. The van der Waals surface area contributed by atoms with Gasteiger partial charge in [-0.15, -0.1) is 0 Å². The van der Waals surface area contributed by atoms with Crippen LogP contribution in [0.4, 0.5) is 0 Å². The van der Waals surface area contributed by atoms with Gasteiger partial charge in [-0.25, -0.2) is 4.79 Å². The number of carbonyl (C=O) groups is 3. The van der Waals surface area contributed by atoms with Gasteiger partial charge in [-0.3, -0.25) is 9.59 Å². The number of carboxylic acids is 1. The van der Waals surface area contributed by atoms with E-state index in [1.807, 2.05) is 52.8 Å². The van der Waals surface area contributed by atoms with Gasteiger partial charge < -0.3 is 24.4 Å². The van der Waals surface area contributed by atoms with E-state index in [1.165, 1.54) is 18.6 Å². The van der Waals surface area contributed by atoms with Crippen LogP contribution < -0.4 is 9.47 Å². The van der Waals surface area contributed by atoms with Crippen LogP contribution >= 0.6 is 0 Å². The minimum absolute atomic E-state index is 0.0544. The predicted octanol–water partition coefficient (Wildman–Crippen LogP) is 7.24. The molecule has 0 aromatic heterocycles. The fourth-order valence-corrected chi connectivity index (χ4v) is 8.17. The molecule has 6 aliphatic rings. The number of carboxylic acid groups (broad SMARTS) is 1. The lowest BCUT2D eigenvalue weighted by molar-refractivity contribution is -0.171. The van der Waals surface area contributed by atoms with Gasteiger partial charge in [-0.2, -0.15) is 0 Å². The number of Topliss-reactive ketones (excluding diaryl/α,β-unsaturated/α-hetero) is 2. The number of hydrogen-bond acceptors (Lipinski definition) is 7. The minimum atomic E-state index is -1.63. The average molecular weight is 629 g/mol. The molecule has 2 fully saturated rings. The van der Waals surface area contributed by atoms with Gasteiger partial charge in [0, 0.05) is 35.0 Å². The van der Waals surface area contributed by atoms with E-state index in [0.29, 0.717) is 41.7 Å². The summed E-state index contributed by atoms with van der Waals surface area (Å²) >= 11 is 0. The lowest BCUT2D eigenvalue weighted by atomic mass is 9.51. The summed E-state index contributed by atoms with van der Waals surface area (Å²) in [5.41, 5.74) is -0.952. The maximum atomic E-state index is 14.7. The highest BCUT2D eigenvalue weighted by Gasteiger charge is 2.81. The molecule has 46 heavy (non-hydrogen) atoms. The van der Waals surface area contributed by atoms with Gasteiger partial charge in [0.2, 0.25) is 0 Å². The zero-order valence-corrected chi connectivity index (χ0v) is 28.0. The van der Waals surface area contributed by atoms with E-state index in [-0.39, 0.29) is 40.8 Å². The lowest BCUT2D eigenvalue weighted by Gasteiger charge is -2.56. The Morgan fingerprint density at radius 2 is 1.70 bits per heavy atom. The topological polar surface area (TPSA) is 119 Å². The number of ether oxygens (including phenoxy) is 3. The Hall–Kier alpha value is -3.91. The summed E-state index contributed by atoms with van der Waals surface area (Å²) in [6, 6.07) is 0. The van der Waals surface area contributed by atoms with E-state index in [4.69, 9.17) is 14.2 Å². The van der Waals surface area contributed by atoms with Crippen LogP contribution in [-0.2, 0) is 20.7 Å². The number of fused-ring (bicyclic) bond motifs is 2. The van der Waals surface area contributed by atoms with Gasteiger partial charge in [-0.05, 0) is 93.2 Å². The Morgan fingerprint density at radius 3 is 2.35 bits per heavy atom. The number of phenolic OH excluding ortho intramolecular Hbond substituents is 1. The first-order valence-corrected chi connectivity index (χ1v) is 16.2. The van der Waals surface area contributed by atoms with E-state index >= 15 is 0 Å². The van der Waals surface area contributed by atoms with Crippen LogP contribution in [-0.4, -0.2) is 50.2 Å². The molecule has 1 saturated heterocycles. The fraction of sp³-hybridized carbons (Fsp3) is 0.500. The number of aliphatic carboxylic acids is 1. The molecule has 3 unspecified atom stereocenters. The molecular formula is C38H44O8. The Morgan fingerprint density at radius 1 is 1.00 bits per heavy atom. The van der Waals surface area contributed by atoms with Gasteiger partial charge in [-0.1, -0.05) is 35.5 Å². The second-order valence-electron chi connectivity index (χ2n) is 14.8. The zero-order chi connectivity index (χ0) is 33.6. The molecule has 3 aliphatic heterocycles. The molecule has 7 rings (SSSR count). The quantitative estimate of drug-likeness (QED) is 0.228. The van der Waals surface area contributed by atoms with Gasteiger partial charge >= 0.3 is 5.97 Å². The molecule has 5 atom stereocenters.